The molecule has 0 aliphatic heterocycles. The van der Waals surface area contributed by atoms with Crippen LogP contribution in [0.25, 0.3) is 11.2 Å². The van der Waals surface area contributed by atoms with Gasteiger partial charge >= 0.3 is 0 Å². The Hall–Kier alpha value is -3.51. The Morgan fingerprint density at radius 2 is 1.82 bits per heavy atom. The van der Waals surface area contributed by atoms with Crippen LogP contribution in [-0.2, 0) is 13.0 Å². The van der Waals surface area contributed by atoms with E-state index in [-0.39, 0.29) is 11.8 Å². The number of aromatic nitrogens is 3. The van der Waals surface area contributed by atoms with Gasteiger partial charge in [0.05, 0.1) is 6.54 Å². The maximum Gasteiger partial charge on any atom is 0.253 e. The van der Waals surface area contributed by atoms with E-state index in [2.05, 4.69) is 40.7 Å². The van der Waals surface area contributed by atoms with Crippen molar-refractivity contribution >= 4 is 17.1 Å². The second kappa shape index (κ2) is 11.1. The molecule has 2 N–H and O–H groups in total. The fourth-order valence-electron chi connectivity index (χ4n) is 4.28. The van der Waals surface area contributed by atoms with E-state index in [1.165, 1.54) is 5.56 Å². The molecular weight excluding hydrogens is 422 g/mol. The van der Waals surface area contributed by atoms with E-state index in [1.54, 1.807) is 0 Å². The number of carbonyl (C=O) groups excluding carboxylic acids is 1. The molecule has 176 valence electrons. The summed E-state index contributed by atoms with van der Waals surface area (Å²) in [6.45, 7) is 6.78. The Kier molecular flexibility index (Phi) is 7.70. The predicted molar refractivity (Wildman–Crippen MR) is 137 cm³/mol. The van der Waals surface area contributed by atoms with E-state index >= 15 is 0 Å². The minimum Gasteiger partial charge on any atom is -0.338 e. The number of pyridine rings is 1. The number of carbonyl (C=O) groups is 1. The van der Waals surface area contributed by atoms with E-state index in [0.29, 0.717) is 19.6 Å². The summed E-state index contributed by atoms with van der Waals surface area (Å²) in [6.07, 6.45) is 3.35. The van der Waals surface area contributed by atoms with E-state index < -0.39 is 0 Å². The topological polar surface area (TPSA) is 77.0 Å². The molecule has 0 bridgehead atoms. The normalized spacial score (nSPS) is 12.1. The number of hydrogen-bond acceptors (Lipinski definition) is 4. The molecule has 0 aliphatic rings. The minimum atomic E-state index is 0.0553. The van der Waals surface area contributed by atoms with Crippen molar-refractivity contribution in [2.24, 2.45) is 11.7 Å². The Morgan fingerprint density at radius 3 is 2.56 bits per heavy atom. The first kappa shape index (κ1) is 23.6. The molecule has 1 amide bonds. The summed E-state index contributed by atoms with van der Waals surface area (Å²) < 4.78 is 2.20. The SMILES string of the molecule is Cc1ccc(C(=O)N(CCCN)CC(C)Cc2nc3cccnc3n2Cc2ccccc2)cc1. The molecule has 2 aromatic heterocycles. The van der Waals surface area contributed by atoms with E-state index in [1.807, 2.05) is 60.5 Å². The molecule has 0 saturated carbocycles. The summed E-state index contributed by atoms with van der Waals surface area (Å²) in [4.78, 5) is 24.7. The molecule has 2 aromatic carbocycles. The molecule has 34 heavy (non-hydrogen) atoms. The number of benzene rings is 2. The number of rotatable bonds is 10. The third-order valence-corrected chi connectivity index (χ3v) is 6.05. The van der Waals surface area contributed by atoms with E-state index in [0.717, 1.165) is 47.5 Å². The standard InChI is InChI=1S/C28H33N5O/c1-21-11-13-24(14-12-21)28(34)32(17-7-15-29)19-22(2)18-26-31-25-10-6-16-30-27(25)33(26)20-23-8-4-3-5-9-23/h3-6,8-14,16,22H,7,15,17-20,29H2,1-2H3. The number of fused-ring (bicyclic) bond motifs is 1. The van der Waals surface area contributed by atoms with Crippen LogP contribution in [0.5, 0.6) is 0 Å². The third-order valence-electron chi connectivity index (χ3n) is 6.05. The first-order valence-corrected chi connectivity index (χ1v) is 11.9. The molecule has 0 fully saturated rings. The lowest BCUT2D eigenvalue weighted by atomic mass is 10.0. The summed E-state index contributed by atoms with van der Waals surface area (Å²) in [5, 5.41) is 0. The van der Waals surface area contributed by atoms with Gasteiger partial charge in [-0.2, -0.15) is 0 Å². The van der Waals surface area contributed by atoms with Crippen LogP contribution in [0.3, 0.4) is 0 Å². The van der Waals surface area contributed by atoms with Crippen molar-refractivity contribution in [2.75, 3.05) is 19.6 Å². The fraction of sp³-hybridized carbons (Fsp3) is 0.321. The second-order valence-corrected chi connectivity index (χ2v) is 9.01. The fourth-order valence-corrected chi connectivity index (χ4v) is 4.28. The highest BCUT2D eigenvalue weighted by Crippen LogP contribution is 2.20. The Morgan fingerprint density at radius 1 is 1.06 bits per heavy atom. The summed E-state index contributed by atoms with van der Waals surface area (Å²) >= 11 is 0. The average Bonchev–Trinajstić information content (AvgIpc) is 3.19. The van der Waals surface area contributed by atoms with Gasteiger partial charge in [-0.15, -0.1) is 0 Å². The van der Waals surface area contributed by atoms with Crippen LogP contribution >= 0.6 is 0 Å². The first-order chi connectivity index (χ1) is 16.5. The molecule has 2 heterocycles. The highest BCUT2D eigenvalue weighted by atomic mass is 16.2. The maximum atomic E-state index is 13.3. The zero-order valence-corrected chi connectivity index (χ0v) is 20.0. The number of amides is 1. The molecule has 6 heteroatoms. The lowest BCUT2D eigenvalue weighted by Gasteiger charge is -2.26. The van der Waals surface area contributed by atoms with Crippen LogP contribution in [-0.4, -0.2) is 45.0 Å². The van der Waals surface area contributed by atoms with Crippen molar-refractivity contribution < 1.29 is 4.79 Å². The molecule has 0 spiro atoms. The molecule has 0 radical (unpaired) electrons. The highest BCUT2D eigenvalue weighted by molar-refractivity contribution is 5.94. The quantitative estimate of drug-likeness (QED) is 0.383. The Balaban J connectivity index is 1.55. The second-order valence-electron chi connectivity index (χ2n) is 9.01. The monoisotopic (exact) mass is 455 g/mol. The van der Waals surface area contributed by atoms with Crippen LogP contribution in [0, 0.1) is 12.8 Å². The molecule has 0 aliphatic carbocycles. The lowest BCUT2D eigenvalue weighted by Crippen LogP contribution is -2.37. The molecule has 1 atom stereocenters. The van der Waals surface area contributed by atoms with Gasteiger partial charge in [-0.25, -0.2) is 9.97 Å². The van der Waals surface area contributed by atoms with Gasteiger partial charge in [0, 0.05) is 31.3 Å². The smallest absolute Gasteiger partial charge is 0.253 e. The van der Waals surface area contributed by atoms with E-state index in [9.17, 15) is 4.79 Å². The van der Waals surface area contributed by atoms with Crippen molar-refractivity contribution in [3.8, 4) is 0 Å². The molecule has 6 nitrogen and oxygen atoms in total. The van der Waals surface area contributed by atoms with Crippen molar-refractivity contribution in [3.63, 3.8) is 0 Å². The van der Waals surface area contributed by atoms with Gasteiger partial charge in [0.25, 0.3) is 5.91 Å². The molecule has 4 rings (SSSR count). The van der Waals surface area contributed by atoms with Gasteiger partial charge in [-0.1, -0.05) is 55.0 Å². The molecule has 0 saturated heterocycles. The van der Waals surface area contributed by atoms with Crippen molar-refractivity contribution in [1.29, 1.82) is 0 Å². The van der Waals surface area contributed by atoms with Gasteiger partial charge in [0.1, 0.15) is 11.3 Å². The minimum absolute atomic E-state index is 0.0553. The molecular formula is C28H33N5O. The Bertz CT molecular complexity index is 1220. The van der Waals surface area contributed by atoms with Crippen LogP contribution in [0.1, 0.15) is 40.7 Å². The predicted octanol–water partition coefficient (Wildman–Crippen LogP) is 4.46. The summed E-state index contributed by atoms with van der Waals surface area (Å²) in [7, 11) is 0. The Labute approximate surface area is 201 Å². The zero-order chi connectivity index (χ0) is 23.9. The summed E-state index contributed by atoms with van der Waals surface area (Å²) in [5.41, 5.74) is 10.6. The van der Waals surface area contributed by atoms with Crippen molar-refractivity contribution in [1.82, 2.24) is 19.4 Å². The van der Waals surface area contributed by atoms with Gasteiger partial charge in [-0.3, -0.25) is 4.79 Å². The zero-order valence-electron chi connectivity index (χ0n) is 20.0. The van der Waals surface area contributed by atoms with E-state index in [4.69, 9.17) is 10.7 Å². The third kappa shape index (κ3) is 5.69. The van der Waals surface area contributed by atoms with Gasteiger partial charge in [0.2, 0.25) is 0 Å². The number of aryl methyl sites for hydroxylation is 1. The average molecular weight is 456 g/mol. The van der Waals surface area contributed by atoms with Crippen molar-refractivity contribution in [3.05, 3.63) is 95.4 Å². The van der Waals surface area contributed by atoms with Gasteiger partial charge < -0.3 is 15.2 Å². The van der Waals surface area contributed by atoms with Gasteiger partial charge in [0.15, 0.2) is 5.65 Å². The van der Waals surface area contributed by atoms with Crippen LogP contribution in [0.15, 0.2) is 72.9 Å². The summed E-state index contributed by atoms with van der Waals surface area (Å²) in [6, 6.07) is 22.1. The number of hydrogen-bond donors (Lipinski definition) is 1. The largest absolute Gasteiger partial charge is 0.338 e. The van der Waals surface area contributed by atoms with Crippen LogP contribution in [0.4, 0.5) is 0 Å². The van der Waals surface area contributed by atoms with Gasteiger partial charge in [-0.05, 0) is 55.6 Å². The number of nitrogens with zero attached hydrogens (tertiary/aromatic N) is 4. The maximum absolute atomic E-state index is 13.3. The van der Waals surface area contributed by atoms with Crippen LogP contribution in [0.2, 0.25) is 0 Å². The first-order valence-electron chi connectivity index (χ1n) is 11.9. The van der Waals surface area contributed by atoms with Crippen LogP contribution < -0.4 is 5.73 Å². The molecule has 1 unspecified atom stereocenters. The van der Waals surface area contributed by atoms with Crippen molar-refractivity contribution in [2.45, 2.75) is 33.2 Å². The molecule has 4 aromatic rings. The number of nitrogens with two attached hydrogens (primary N) is 1. The summed E-state index contributed by atoms with van der Waals surface area (Å²) in [5.74, 6) is 1.27. The lowest BCUT2D eigenvalue weighted by molar-refractivity contribution is 0.0730. The number of imidazole rings is 1. The highest BCUT2D eigenvalue weighted by Gasteiger charge is 2.21.